The van der Waals surface area contributed by atoms with Crippen LogP contribution in [0.2, 0.25) is 0 Å². The average molecular weight is 380 g/mol. The first-order valence-corrected chi connectivity index (χ1v) is 7.88. The number of hydrogen-bond donors (Lipinski definition) is 0. The van der Waals surface area contributed by atoms with E-state index >= 15 is 0 Å². The molecule has 2 rings (SSSR count). The highest BCUT2D eigenvalue weighted by Gasteiger charge is 2.18. The van der Waals surface area contributed by atoms with Crippen LogP contribution in [0.3, 0.4) is 0 Å². The van der Waals surface area contributed by atoms with E-state index in [2.05, 4.69) is 20.9 Å². The van der Waals surface area contributed by atoms with Gasteiger partial charge in [-0.15, -0.1) is 0 Å². The van der Waals surface area contributed by atoms with Gasteiger partial charge in [0.25, 0.3) is 0 Å². The Balaban J connectivity index is 1.94. The lowest BCUT2D eigenvalue weighted by molar-refractivity contribution is -0.152. The number of aryl methyl sites for hydroxylation is 1. The largest absolute Gasteiger partial charge is 0.497 e. The Morgan fingerprint density at radius 3 is 2.74 bits per heavy atom. The molecule has 0 radical (unpaired) electrons. The summed E-state index contributed by atoms with van der Waals surface area (Å²) in [6.45, 7) is 3.57. The Morgan fingerprint density at radius 2 is 2.04 bits per heavy atom. The number of rotatable bonds is 6. The summed E-state index contributed by atoms with van der Waals surface area (Å²) < 4.78 is 16.8. The molecule has 0 aliphatic heterocycles. The van der Waals surface area contributed by atoms with E-state index < -0.39 is 12.1 Å². The topological polar surface area (TPSA) is 57.7 Å². The van der Waals surface area contributed by atoms with Crippen molar-refractivity contribution in [2.45, 2.75) is 26.6 Å². The molecule has 0 aliphatic rings. The maximum absolute atomic E-state index is 12.0. The van der Waals surface area contributed by atoms with Gasteiger partial charge in [0.2, 0.25) is 0 Å². The number of ether oxygens (including phenoxy) is 3. The molecule has 0 unspecified atom stereocenters. The lowest BCUT2D eigenvalue weighted by atomic mass is 10.3. The molecule has 0 amide bonds. The predicted octanol–water partition coefficient (Wildman–Crippen LogP) is 3.67. The van der Waals surface area contributed by atoms with E-state index in [1.807, 2.05) is 31.2 Å². The van der Waals surface area contributed by atoms with E-state index in [9.17, 15) is 4.79 Å². The van der Waals surface area contributed by atoms with Gasteiger partial charge in [-0.1, -0.05) is 12.1 Å². The third kappa shape index (κ3) is 4.96. The van der Waals surface area contributed by atoms with Gasteiger partial charge in [-0.05, 0) is 41.9 Å². The first-order chi connectivity index (χ1) is 11.0. The molecule has 0 spiro atoms. The van der Waals surface area contributed by atoms with E-state index in [1.54, 1.807) is 26.2 Å². The van der Waals surface area contributed by atoms with Crippen LogP contribution in [-0.2, 0) is 16.1 Å². The summed E-state index contributed by atoms with van der Waals surface area (Å²) in [5.41, 5.74) is 1.43. The number of pyridine rings is 1. The summed E-state index contributed by atoms with van der Waals surface area (Å²) >= 11 is 3.37. The fourth-order valence-electron chi connectivity index (χ4n) is 1.94. The second-order valence-electron chi connectivity index (χ2n) is 4.94. The van der Waals surface area contributed by atoms with Crippen molar-refractivity contribution in [1.82, 2.24) is 4.98 Å². The number of benzene rings is 1. The molecule has 0 fully saturated rings. The first-order valence-electron chi connectivity index (χ1n) is 7.09. The third-order valence-electron chi connectivity index (χ3n) is 3.05. The number of halogens is 1. The van der Waals surface area contributed by atoms with Gasteiger partial charge in [0.05, 0.1) is 17.3 Å². The zero-order chi connectivity index (χ0) is 16.8. The van der Waals surface area contributed by atoms with Crippen molar-refractivity contribution in [3.63, 3.8) is 0 Å². The van der Waals surface area contributed by atoms with Crippen molar-refractivity contribution < 1.29 is 19.0 Å². The smallest absolute Gasteiger partial charge is 0.347 e. The number of carbonyl (C=O) groups excluding carboxylic acids is 1. The molecule has 1 aromatic carbocycles. The molecule has 122 valence electrons. The maximum atomic E-state index is 12.0. The van der Waals surface area contributed by atoms with Crippen LogP contribution in [0.4, 0.5) is 0 Å². The monoisotopic (exact) mass is 379 g/mol. The molecule has 1 atom stereocenters. The number of aromatic nitrogens is 1. The predicted molar refractivity (Wildman–Crippen MR) is 89.6 cm³/mol. The van der Waals surface area contributed by atoms with Crippen LogP contribution in [0, 0.1) is 6.92 Å². The number of nitrogens with zero attached hydrogens (tertiary/aromatic N) is 1. The Morgan fingerprint density at radius 1 is 1.30 bits per heavy atom. The third-order valence-corrected chi connectivity index (χ3v) is 3.71. The van der Waals surface area contributed by atoms with Crippen LogP contribution in [-0.4, -0.2) is 24.2 Å². The highest BCUT2D eigenvalue weighted by atomic mass is 79.9. The Kier molecular flexibility index (Phi) is 5.98. The van der Waals surface area contributed by atoms with Gasteiger partial charge in [-0.25, -0.2) is 4.79 Å². The molecular formula is C17H18BrNO4. The van der Waals surface area contributed by atoms with Crippen molar-refractivity contribution >= 4 is 21.9 Å². The van der Waals surface area contributed by atoms with E-state index in [-0.39, 0.29) is 6.61 Å². The van der Waals surface area contributed by atoms with Crippen molar-refractivity contribution in [3.8, 4) is 11.5 Å². The highest BCUT2D eigenvalue weighted by molar-refractivity contribution is 9.10. The van der Waals surface area contributed by atoms with Crippen LogP contribution < -0.4 is 9.47 Å². The number of para-hydroxylation sites is 1. The normalized spacial score (nSPS) is 11.7. The maximum Gasteiger partial charge on any atom is 0.347 e. The highest BCUT2D eigenvalue weighted by Crippen LogP contribution is 2.25. The molecule has 5 nitrogen and oxygen atoms in total. The standard InChI is InChI=1S/C17H18BrNO4/c1-11-8-14(21-3)9-13(19-11)10-22-17(20)12(2)23-16-7-5-4-6-15(16)18/h4-9,12H,10H2,1-3H3/t12-/m0/s1. The second-order valence-corrected chi connectivity index (χ2v) is 5.79. The van der Waals surface area contributed by atoms with E-state index in [0.717, 1.165) is 10.2 Å². The molecule has 0 bridgehead atoms. The minimum Gasteiger partial charge on any atom is -0.497 e. The molecular weight excluding hydrogens is 362 g/mol. The van der Waals surface area contributed by atoms with Crippen molar-refractivity contribution in [3.05, 3.63) is 52.3 Å². The van der Waals surface area contributed by atoms with Gasteiger partial charge in [-0.2, -0.15) is 0 Å². The minimum atomic E-state index is -0.722. The fraction of sp³-hybridized carbons (Fsp3) is 0.294. The summed E-state index contributed by atoms with van der Waals surface area (Å²) in [7, 11) is 1.58. The Hall–Kier alpha value is -2.08. The number of hydrogen-bond acceptors (Lipinski definition) is 5. The zero-order valence-electron chi connectivity index (χ0n) is 13.2. The van der Waals surface area contributed by atoms with Crippen LogP contribution >= 0.6 is 15.9 Å². The van der Waals surface area contributed by atoms with Gasteiger partial charge in [-0.3, -0.25) is 4.98 Å². The van der Waals surface area contributed by atoms with E-state index in [1.165, 1.54) is 0 Å². The van der Waals surface area contributed by atoms with Gasteiger partial charge in [0.15, 0.2) is 6.10 Å². The molecule has 1 aromatic heterocycles. The second kappa shape index (κ2) is 7.97. The summed E-state index contributed by atoms with van der Waals surface area (Å²) in [6.07, 6.45) is -0.722. The first kappa shape index (κ1) is 17.3. The number of methoxy groups -OCH3 is 1. The van der Waals surface area contributed by atoms with Crippen LogP contribution in [0.25, 0.3) is 0 Å². The van der Waals surface area contributed by atoms with Gasteiger partial charge < -0.3 is 14.2 Å². The van der Waals surface area contributed by atoms with Crippen LogP contribution in [0.1, 0.15) is 18.3 Å². The molecule has 23 heavy (non-hydrogen) atoms. The molecule has 0 saturated heterocycles. The molecule has 0 aliphatic carbocycles. The summed E-state index contributed by atoms with van der Waals surface area (Å²) in [6, 6.07) is 10.9. The van der Waals surface area contributed by atoms with Crippen molar-refractivity contribution in [1.29, 1.82) is 0 Å². The minimum absolute atomic E-state index is 0.0700. The molecule has 0 N–H and O–H groups in total. The zero-order valence-corrected chi connectivity index (χ0v) is 14.8. The van der Waals surface area contributed by atoms with Crippen LogP contribution in [0.5, 0.6) is 11.5 Å². The van der Waals surface area contributed by atoms with Gasteiger partial charge >= 0.3 is 5.97 Å². The molecule has 2 aromatic rings. The van der Waals surface area contributed by atoms with E-state index in [4.69, 9.17) is 14.2 Å². The summed E-state index contributed by atoms with van der Waals surface area (Å²) in [5, 5.41) is 0. The quantitative estimate of drug-likeness (QED) is 0.716. The Labute approximate surface area is 143 Å². The van der Waals surface area contributed by atoms with Crippen molar-refractivity contribution in [2.24, 2.45) is 0 Å². The molecule has 1 heterocycles. The summed E-state index contributed by atoms with van der Waals surface area (Å²) in [5.74, 6) is 0.816. The number of carbonyl (C=O) groups is 1. The van der Waals surface area contributed by atoms with Crippen LogP contribution in [0.15, 0.2) is 40.9 Å². The fourth-order valence-corrected chi connectivity index (χ4v) is 2.31. The number of esters is 1. The SMILES string of the molecule is COc1cc(C)nc(COC(=O)[C@H](C)Oc2ccccc2Br)c1. The summed E-state index contributed by atoms with van der Waals surface area (Å²) in [4.78, 5) is 16.4. The average Bonchev–Trinajstić information content (AvgIpc) is 2.54. The lowest BCUT2D eigenvalue weighted by Gasteiger charge is -2.15. The van der Waals surface area contributed by atoms with E-state index in [0.29, 0.717) is 17.2 Å². The van der Waals surface area contributed by atoms with Crippen molar-refractivity contribution in [2.75, 3.05) is 7.11 Å². The Bertz CT molecular complexity index is 690. The lowest BCUT2D eigenvalue weighted by Crippen LogP contribution is -2.26. The van der Waals surface area contributed by atoms with Gasteiger partial charge in [0.1, 0.15) is 18.1 Å². The molecule has 0 saturated carbocycles. The van der Waals surface area contributed by atoms with Gasteiger partial charge in [0, 0.05) is 17.8 Å². The molecule has 6 heteroatoms.